The van der Waals surface area contributed by atoms with Gasteiger partial charge in [-0.15, -0.1) is 0 Å². The van der Waals surface area contributed by atoms with Crippen LogP contribution in [0.25, 0.3) is 43.8 Å². The van der Waals surface area contributed by atoms with E-state index in [2.05, 4.69) is 140 Å². The maximum absolute atomic E-state index is 6.86. The SMILES string of the molecule is c1ccc(P(c2ccccc2)c2cccc3c2oc2c(-c4cccc5ccccc45)cccc23)cc1. The van der Waals surface area contributed by atoms with Crippen molar-refractivity contribution in [3.05, 3.63) is 140 Å². The molecule has 36 heavy (non-hydrogen) atoms. The smallest absolute Gasteiger partial charge is 0.143 e. The molecule has 1 heterocycles. The van der Waals surface area contributed by atoms with Gasteiger partial charge in [0.05, 0.1) is 0 Å². The molecule has 0 fully saturated rings. The minimum atomic E-state index is -0.769. The zero-order chi connectivity index (χ0) is 23.9. The standard InChI is InChI=1S/C34H23OP/c1-3-14-25(15-4-1)36(26-16-5-2-6-17-26)32-23-11-22-31-30-21-10-20-29(33(30)35-34(31)32)28-19-9-13-24-12-7-8-18-27(24)28/h1-23H. The van der Waals surface area contributed by atoms with Gasteiger partial charge < -0.3 is 4.42 Å². The Labute approximate surface area is 211 Å². The van der Waals surface area contributed by atoms with E-state index in [4.69, 9.17) is 4.42 Å². The van der Waals surface area contributed by atoms with E-state index in [-0.39, 0.29) is 0 Å². The van der Waals surface area contributed by atoms with Gasteiger partial charge in [-0.3, -0.25) is 0 Å². The lowest BCUT2D eigenvalue weighted by Gasteiger charge is -2.19. The molecule has 0 aliphatic carbocycles. The quantitative estimate of drug-likeness (QED) is 0.233. The first-order valence-corrected chi connectivity index (χ1v) is 13.6. The predicted octanol–water partition coefficient (Wildman–Crippen LogP) is 8.16. The van der Waals surface area contributed by atoms with Crippen molar-refractivity contribution in [1.82, 2.24) is 0 Å². The van der Waals surface area contributed by atoms with E-state index in [9.17, 15) is 0 Å². The number of para-hydroxylation sites is 2. The third kappa shape index (κ3) is 3.44. The maximum Gasteiger partial charge on any atom is 0.143 e. The summed E-state index contributed by atoms with van der Waals surface area (Å²) in [6, 6.07) is 49.8. The molecule has 1 nitrogen and oxygen atoms in total. The van der Waals surface area contributed by atoms with Crippen LogP contribution in [0.2, 0.25) is 0 Å². The van der Waals surface area contributed by atoms with Crippen LogP contribution in [0.5, 0.6) is 0 Å². The molecule has 0 spiro atoms. The number of fused-ring (bicyclic) bond motifs is 4. The largest absolute Gasteiger partial charge is 0.455 e. The van der Waals surface area contributed by atoms with Crippen molar-refractivity contribution in [2.24, 2.45) is 0 Å². The van der Waals surface area contributed by atoms with Crippen LogP contribution in [0, 0.1) is 0 Å². The van der Waals surface area contributed by atoms with Crippen molar-refractivity contribution < 1.29 is 4.42 Å². The average molecular weight is 479 g/mol. The molecule has 0 aliphatic heterocycles. The zero-order valence-corrected chi connectivity index (χ0v) is 20.5. The van der Waals surface area contributed by atoms with E-state index in [0.29, 0.717) is 0 Å². The van der Waals surface area contributed by atoms with Crippen LogP contribution in [-0.4, -0.2) is 0 Å². The van der Waals surface area contributed by atoms with E-state index in [0.717, 1.165) is 22.1 Å². The highest BCUT2D eigenvalue weighted by molar-refractivity contribution is 7.80. The van der Waals surface area contributed by atoms with Crippen LogP contribution in [0.3, 0.4) is 0 Å². The third-order valence-corrected chi connectivity index (χ3v) is 9.32. The highest BCUT2D eigenvalue weighted by Crippen LogP contribution is 2.41. The lowest BCUT2D eigenvalue weighted by atomic mass is 9.97. The van der Waals surface area contributed by atoms with Crippen molar-refractivity contribution in [3.8, 4) is 11.1 Å². The Bertz CT molecular complexity index is 1790. The molecule has 7 rings (SSSR count). The molecule has 0 bridgehead atoms. The van der Waals surface area contributed by atoms with E-state index in [1.165, 1.54) is 37.6 Å². The summed E-state index contributed by atoms with van der Waals surface area (Å²) in [6.45, 7) is 0. The van der Waals surface area contributed by atoms with Gasteiger partial charge in [-0.05, 0) is 34.9 Å². The summed E-state index contributed by atoms with van der Waals surface area (Å²) < 4.78 is 6.86. The Morgan fingerprint density at radius 3 is 1.67 bits per heavy atom. The Morgan fingerprint density at radius 1 is 0.389 bits per heavy atom. The van der Waals surface area contributed by atoms with Crippen LogP contribution >= 0.6 is 7.92 Å². The fraction of sp³-hybridized carbons (Fsp3) is 0. The summed E-state index contributed by atoms with van der Waals surface area (Å²) in [5.74, 6) is 0. The van der Waals surface area contributed by atoms with Gasteiger partial charge in [0.15, 0.2) is 0 Å². The second kappa shape index (κ2) is 8.79. The molecule has 7 aromatic rings. The Morgan fingerprint density at radius 2 is 0.917 bits per heavy atom. The van der Waals surface area contributed by atoms with Gasteiger partial charge in [0.25, 0.3) is 0 Å². The monoisotopic (exact) mass is 478 g/mol. The van der Waals surface area contributed by atoms with Crippen molar-refractivity contribution in [3.63, 3.8) is 0 Å². The van der Waals surface area contributed by atoms with Crippen LogP contribution in [0.1, 0.15) is 0 Å². The Hall–Kier alpha value is -4.19. The summed E-state index contributed by atoms with van der Waals surface area (Å²) in [4.78, 5) is 0. The first-order chi connectivity index (χ1) is 17.9. The molecule has 170 valence electrons. The van der Waals surface area contributed by atoms with Crippen LogP contribution in [0.15, 0.2) is 144 Å². The predicted molar refractivity (Wildman–Crippen MR) is 155 cm³/mol. The molecule has 0 atom stereocenters. The van der Waals surface area contributed by atoms with Crippen LogP contribution in [-0.2, 0) is 0 Å². The van der Waals surface area contributed by atoms with Gasteiger partial charge in [-0.1, -0.05) is 140 Å². The number of hydrogen-bond donors (Lipinski definition) is 0. The van der Waals surface area contributed by atoms with Gasteiger partial charge in [0, 0.05) is 21.6 Å². The topological polar surface area (TPSA) is 13.1 Å². The van der Waals surface area contributed by atoms with Gasteiger partial charge in [0.2, 0.25) is 0 Å². The summed E-state index contributed by atoms with van der Waals surface area (Å²) in [7, 11) is -0.769. The fourth-order valence-electron chi connectivity index (χ4n) is 5.24. The molecule has 0 saturated carbocycles. The summed E-state index contributed by atoms with van der Waals surface area (Å²) >= 11 is 0. The number of hydrogen-bond acceptors (Lipinski definition) is 1. The van der Waals surface area contributed by atoms with E-state index in [1.54, 1.807) is 0 Å². The molecule has 6 aromatic carbocycles. The summed E-state index contributed by atoms with van der Waals surface area (Å²) in [5, 5.41) is 8.70. The molecule has 2 heteroatoms. The van der Waals surface area contributed by atoms with Crippen LogP contribution < -0.4 is 15.9 Å². The number of rotatable bonds is 4. The first-order valence-electron chi connectivity index (χ1n) is 12.2. The van der Waals surface area contributed by atoms with E-state index in [1.807, 2.05) is 0 Å². The molecule has 0 radical (unpaired) electrons. The van der Waals surface area contributed by atoms with Gasteiger partial charge >= 0.3 is 0 Å². The molecular formula is C34H23OP. The van der Waals surface area contributed by atoms with Gasteiger partial charge in [0.1, 0.15) is 11.2 Å². The molecule has 1 aromatic heterocycles. The lowest BCUT2D eigenvalue weighted by Crippen LogP contribution is -2.20. The highest BCUT2D eigenvalue weighted by Gasteiger charge is 2.22. The maximum atomic E-state index is 6.86. The lowest BCUT2D eigenvalue weighted by molar-refractivity contribution is 0.673. The Balaban J connectivity index is 1.52. The molecule has 0 unspecified atom stereocenters. The number of furan rings is 1. The zero-order valence-electron chi connectivity index (χ0n) is 19.6. The second-order valence-corrected chi connectivity index (χ2v) is 11.2. The molecule has 0 saturated heterocycles. The minimum Gasteiger partial charge on any atom is -0.455 e. The molecule has 0 N–H and O–H groups in total. The summed E-state index contributed by atoms with van der Waals surface area (Å²) in [5.41, 5.74) is 4.27. The average Bonchev–Trinajstić information content (AvgIpc) is 3.34. The van der Waals surface area contributed by atoms with Crippen LogP contribution in [0.4, 0.5) is 0 Å². The fourth-order valence-corrected chi connectivity index (χ4v) is 7.63. The van der Waals surface area contributed by atoms with Crippen molar-refractivity contribution in [1.29, 1.82) is 0 Å². The second-order valence-electron chi connectivity index (χ2n) is 8.97. The first kappa shape index (κ1) is 21.1. The van der Waals surface area contributed by atoms with E-state index >= 15 is 0 Å². The molecule has 0 aliphatic rings. The Kier molecular flexibility index (Phi) is 5.16. The summed E-state index contributed by atoms with van der Waals surface area (Å²) in [6.07, 6.45) is 0. The third-order valence-electron chi connectivity index (χ3n) is 6.85. The highest BCUT2D eigenvalue weighted by atomic mass is 31.1. The van der Waals surface area contributed by atoms with Crippen molar-refractivity contribution in [2.75, 3.05) is 0 Å². The van der Waals surface area contributed by atoms with Crippen molar-refractivity contribution >= 4 is 56.5 Å². The van der Waals surface area contributed by atoms with E-state index < -0.39 is 7.92 Å². The normalized spacial score (nSPS) is 11.6. The van der Waals surface area contributed by atoms with Crippen molar-refractivity contribution in [2.45, 2.75) is 0 Å². The number of benzene rings is 6. The molecular weight excluding hydrogens is 455 g/mol. The van der Waals surface area contributed by atoms with Gasteiger partial charge in [-0.2, -0.15) is 0 Å². The minimum absolute atomic E-state index is 0.769. The molecule has 0 amide bonds. The van der Waals surface area contributed by atoms with Gasteiger partial charge in [-0.25, -0.2) is 0 Å².